The van der Waals surface area contributed by atoms with Crippen LogP contribution in [0.1, 0.15) is 49.2 Å². The molecule has 9 nitrogen and oxygen atoms in total. The number of carbonyl (C=O) groups is 3. The number of para-hydroxylation sites is 1. The van der Waals surface area contributed by atoms with Crippen LogP contribution in [0, 0.1) is 17.8 Å². The monoisotopic (exact) mass is 471 g/mol. The highest BCUT2D eigenvalue weighted by molar-refractivity contribution is 5.94. The van der Waals surface area contributed by atoms with Gasteiger partial charge in [0.05, 0.1) is 18.1 Å². The van der Waals surface area contributed by atoms with Crippen molar-refractivity contribution in [1.82, 2.24) is 0 Å². The molecule has 5 N–H and O–H groups in total. The Hall–Kier alpha value is -3.59. The number of aromatic hydroxyl groups is 2. The lowest BCUT2D eigenvalue weighted by molar-refractivity contribution is -0.157. The molecule has 1 aliphatic heterocycles. The van der Waals surface area contributed by atoms with E-state index in [4.69, 9.17) is 4.74 Å². The Morgan fingerprint density at radius 2 is 1.62 bits per heavy atom. The van der Waals surface area contributed by atoms with Gasteiger partial charge in [-0.15, -0.1) is 0 Å². The molecule has 0 aliphatic carbocycles. The van der Waals surface area contributed by atoms with E-state index >= 15 is 0 Å². The van der Waals surface area contributed by atoms with Crippen LogP contribution in [0.2, 0.25) is 0 Å². The first-order valence-corrected chi connectivity index (χ1v) is 11.0. The lowest BCUT2D eigenvalue weighted by Gasteiger charge is -2.38. The number of aliphatic hydroxyl groups is 1. The summed E-state index contributed by atoms with van der Waals surface area (Å²) in [5.74, 6) is -4.86. The van der Waals surface area contributed by atoms with Crippen LogP contribution in [0.4, 0.5) is 5.69 Å². The number of aromatic carboxylic acids is 1. The molecule has 1 heterocycles. The van der Waals surface area contributed by atoms with Crippen molar-refractivity contribution in [3.63, 3.8) is 0 Å². The van der Waals surface area contributed by atoms with E-state index in [-0.39, 0.29) is 28.5 Å². The Bertz CT molecular complexity index is 1060. The Labute approximate surface area is 197 Å². The van der Waals surface area contributed by atoms with E-state index in [1.165, 1.54) is 25.1 Å². The third kappa shape index (κ3) is 5.31. The maximum Gasteiger partial charge on any atom is 0.337 e. The van der Waals surface area contributed by atoms with Gasteiger partial charge in [-0.2, -0.15) is 0 Å². The van der Waals surface area contributed by atoms with Crippen LogP contribution in [0.5, 0.6) is 11.5 Å². The Morgan fingerprint density at radius 3 is 2.24 bits per heavy atom. The molecule has 34 heavy (non-hydrogen) atoms. The van der Waals surface area contributed by atoms with E-state index in [2.05, 4.69) is 5.32 Å². The van der Waals surface area contributed by atoms with Crippen molar-refractivity contribution in [2.75, 3.05) is 5.32 Å². The number of carboxylic acid groups (broad SMARTS) is 1. The fourth-order valence-corrected chi connectivity index (χ4v) is 4.45. The van der Waals surface area contributed by atoms with Crippen molar-refractivity contribution in [3.8, 4) is 11.5 Å². The second-order valence-corrected chi connectivity index (χ2v) is 8.82. The van der Waals surface area contributed by atoms with Crippen molar-refractivity contribution in [2.24, 2.45) is 17.8 Å². The van der Waals surface area contributed by atoms with Gasteiger partial charge in [0.25, 0.3) is 0 Å². The third-order valence-electron chi connectivity index (χ3n) is 6.42. The highest BCUT2D eigenvalue weighted by atomic mass is 16.5. The van der Waals surface area contributed by atoms with Gasteiger partial charge in [-0.3, -0.25) is 9.59 Å². The number of rotatable bonds is 4. The minimum absolute atomic E-state index is 0.00284. The number of hydrogen-bond acceptors (Lipinski definition) is 8. The summed E-state index contributed by atoms with van der Waals surface area (Å²) >= 11 is 0. The predicted molar refractivity (Wildman–Crippen MR) is 123 cm³/mol. The number of cyclic esters (lactones) is 1. The quantitative estimate of drug-likeness (QED) is 0.423. The number of hydrogen-bond donors (Lipinski definition) is 5. The zero-order valence-electron chi connectivity index (χ0n) is 19.1. The molecule has 9 heteroatoms. The van der Waals surface area contributed by atoms with Crippen LogP contribution in [0.25, 0.3) is 0 Å². The Balaban J connectivity index is 2.12. The van der Waals surface area contributed by atoms with Gasteiger partial charge in [0.2, 0.25) is 0 Å². The van der Waals surface area contributed by atoms with Gasteiger partial charge in [0.1, 0.15) is 23.4 Å². The molecule has 0 radical (unpaired) electrons. The van der Waals surface area contributed by atoms with Gasteiger partial charge in [-0.05, 0) is 24.3 Å². The first-order chi connectivity index (χ1) is 16.0. The number of carboxylic acids is 1. The van der Waals surface area contributed by atoms with Crippen molar-refractivity contribution in [3.05, 3.63) is 53.6 Å². The van der Waals surface area contributed by atoms with E-state index in [0.717, 1.165) is 6.07 Å². The summed E-state index contributed by atoms with van der Waals surface area (Å²) in [5, 5.41) is 43.2. The number of phenolic OH excluding ortho intramolecular Hbond substituents is 2. The molecule has 0 aromatic heterocycles. The molecule has 1 aliphatic rings. The van der Waals surface area contributed by atoms with Gasteiger partial charge in [-0.1, -0.05) is 32.9 Å². The van der Waals surface area contributed by atoms with Crippen molar-refractivity contribution in [1.29, 1.82) is 0 Å². The molecule has 2 aromatic carbocycles. The van der Waals surface area contributed by atoms with Crippen molar-refractivity contribution in [2.45, 2.75) is 45.4 Å². The molecule has 1 fully saturated rings. The number of anilines is 1. The molecule has 0 saturated carbocycles. The largest absolute Gasteiger partial charge is 0.508 e. The predicted octanol–water partition coefficient (Wildman–Crippen LogP) is 3.10. The van der Waals surface area contributed by atoms with E-state index in [9.17, 15) is 34.8 Å². The number of ether oxygens (including phenoxy) is 1. The maximum absolute atomic E-state index is 13.2. The summed E-state index contributed by atoms with van der Waals surface area (Å²) in [7, 11) is 0. The zero-order chi connectivity index (χ0) is 25.2. The van der Waals surface area contributed by atoms with E-state index in [1.54, 1.807) is 32.0 Å². The summed E-state index contributed by atoms with van der Waals surface area (Å²) in [4.78, 5) is 37.6. The molecule has 2 aromatic rings. The smallest absolute Gasteiger partial charge is 0.337 e. The van der Waals surface area contributed by atoms with E-state index in [1.807, 2.05) is 0 Å². The highest BCUT2D eigenvalue weighted by Crippen LogP contribution is 2.38. The first kappa shape index (κ1) is 25.0. The molecule has 6 unspecified atom stereocenters. The highest BCUT2D eigenvalue weighted by Gasteiger charge is 2.41. The van der Waals surface area contributed by atoms with Crippen molar-refractivity contribution < 1.29 is 39.5 Å². The lowest BCUT2D eigenvalue weighted by Crippen LogP contribution is -2.46. The number of phenols is 2. The molecule has 1 saturated heterocycles. The van der Waals surface area contributed by atoms with E-state index in [0.29, 0.717) is 5.56 Å². The summed E-state index contributed by atoms with van der Waals surface area (Å²) in [6.07, 6.45) is -2.68. The first-order valence-electron chi connectivity index (χ1n) is 11.0. The average molecular weight is 472 g/mol. The second kappa shape index (κ2) is 10.1. The molecule has 0 spiro atoms. The maximum atomic E-state index is 13.2. The molecule has 3 rings (SSSR count). The summed E-state index contributed by atoms with van der Waals surface area (Å²) in [5.41, 5.74) is 0.572. The SMILES string of the molecule is CC1C(=O)C(C)C(Nc2ccccc2C(=O)O)C(C)C(c2cc(O)cc(O)c2)OC(=O)CC1O. The van der Waals surface area contributed by atoms with Crippen LogP contribution >= 0.6 is 0 Å². The lowest BCUT2D eigenvalue weighted by atomic mass is 9.77. The standard InChI is InChI=1S/C25H29NO8/c1-12-20(29)11-21(30)34-24(15-8-16(27)10-17(28)9-15)14(3)22(13(2)23(12)31)26-19-7-5-4-6-18(19)25(32)33/h4-10,12-14,20,22,24,26-29H,11H2,1-3H3,(H,32,33). The number of Topliss-reactive ketones (excluding diaryl/α,β-unsaturated/α-hetero) is 1. The number of carbonyl (C=O) groups excluding carboxylic acids is 2. The minimum atomic E-state index is -1.26. The summed E-state index contributed by atoms with van der Waals surface area (Å²) in [6.45, 7) is 4.94. The summed E-state index contributed by atoms with van der Waals surface area (Å²) in [6, 6.07) is 9.32. The van der Waals surface area contributed by atoms with Gasteiger partial charge in [-0.25, -0.2) is 4.79 Å². The summed E-state index contributed by atoms with van der Waals surface area (Å²) < 4.78 is 5.69. The van der Waals surface area contributed by atoms with Gasteiger partial charge in [0, 0.05) is 41.1 Å². The molecular formula is C25H29NO8. The molecule has 182 valence electrons. The average Bonchev–Trinajstić information content (AvgIpc) is 2.78. The van der Waals surface area contributed by atoms with Crippen molar-refractivity contribution >= 4 is 23.4 Å². The molecule has 0 bridgehead atoms. The second-order valence-electron chi connectivity index (χ2n) is 8.82. The third-order valence-corrected chi connectivity index (χ3v) is 6.42. The molecule has 6 atom stereocenters. The van der Waals surface area contributed by atoms with Gasteiger partial charge < -0.3 is 30.5 Å². The van der Waals surface area contributed by atoms with Gasteiger partial charge in [0.15, 0.2) is 0 Å². The molecular weight excluding hydrogens is 442 g/mol. The van der Waals surface area contributed by atoms with Crippen LogP contribution in [0.3, 0.4) is 0 Å². The number of esters is 1. The van der Waals surface area contributed by atoms with Crippen LogP contribution in [0.15, 0.2) is 42.5 Å². The normalized spacial score (nSPS) is 28.1. The number of benzene rings is 2. The number of nitrogens with one attached hydrogen (secondary N) is 1. The molecule has 0 amide bonds. The minimum Gasteiger partial charge on any atom is -0.508 e. The number of ketones is 1. The van der Waals surface area contributed by atoms with Crippen LogP contribution < -0.4 is 5.32 Å². The topological polar surface area (TPSA) is 153 Å². The fraction of sp³-hybridized carbons (Fsp3) is 0.400. The Kier molecular flexibility index (Phi) is 7.46. The van der Waals surface area contributed by atoms with Crippen LogP contribution in [-0.2, 0) is 14.3 Å². The Morgan fingerprint density at radius 1 is 1.00 bits per heavy atom. The van der Waals surface area contributed by atoms with Crippen LogP contribution in [-0.4, -0.2) is 50.3 Å². The van der Waals surface area contributed by atoms with E-state index < -0.39 is 54.4 Å². The zero-order valence-corrected chi connectivity index (χ0v) is 19.1. The fourth-order valence-electron chi connectivity index (χ4n) is 4.45. The number of aliphatic hydroxyl groups excluding tert-OH is 1. The van der Waals surface area contributed by atoms with Gasteiger partial charge >= 0.3 is 11.9 Å².